The fourth-order valence-corrected chi connectivity index (χ4v) is 6.19. The fraction of sp³-hybridized carbons (Fsp3) is 0.382. The standard InChI is InChI=1S/C34H42N8O3/c1-5-35-21-30(43)41-17-15-40(16-18-41)25-10-11-27(29(19-25)45-4)37-34-36-20-24-9-12-28-26(13-14-42(28)32(24)39-34)33(44)38-31-22(2)7-6-8-23(31)3/h6-8,10-11,13-14,19-20,30,35,43H,5,9,12,15-18,21H2,1-4H3,(H,38,44)(H,36,37,39). The third-order valence-corrected chi connectivity index (χ3v) is 8.77. The smallest absolute Gasteiger partial charge is 0.257 e. The molecule has 6 rings (SSSR count). The number of anilines is 4. The number of hydrogen-bond donors (Lipinski definition) is 4. The van der Waals surface area contributed by atoms with Crippen LogP contribution >= 0.6 is 0 Å². The molecule has 4 N–H and O–H groups in total. The molecule has 2 aliphatic rings. The highest BCUT2D eigenvalue weighted by atomic mass is 16.5. The van der Waals surface area contributed by atoms with Gasteiger partial charge in [-0.05, 0) is 62.6 Å². The van der Waals surface area contributed by atoms with Gasteiger partial charge in [-0.15, -0.1) is 0 Å². The van der Waals surface area contributed by atoms with Gasteiger partial charge < -0.3 is 35.3 Å². The number of aliphatic hydroxyl groups excluding tert-OH is 1. The highest BCUT2D eigenvalue weighted by molar-refractivity contribution is 6.06. The number of piperazine rings is 1. The Morgan fingerprint density at radius 1 is 1.07 bits per heavy atom. The Labute approximate surface area is 264 Å². The lowest BCUT2D eigenvalue weighted by Gasteiger charge is -2.38. The predicted molar refractivity (Wildman–Crippen MR) is 177 cm³/mol. The van der Waals surface area contributed by atoms with Gasteiger partial charge in [-0.1, -0.05) is 25.1 Å². The zero-order chi connectivity index (χ0) is 31.5. The number of amides is 1. The van der Waals surface area contributed by atoms with E-state index in [1.54, 1.807) is 7.11 Å². The molecule has 1 amide bonds. The lowest BCUT2D eigenvalue weighted by atomic mass is 10.0. The lowest BCUT2D eigenvalue weighted by Crippen LogP contribution is -2.53. The second-order valence-corrected chi connectivity index (χ2v) is 11.6. The van der Waals surface area contributed by atoms with Crippen LogP contribution in [0.3, 0.4) is 0 Å². The summed E-state index contributed by atoms with van der Waals surface area (Å²) in [6.07, 6.45) is 4.77. The van der Waals surface area contributed by atoms with E-state index in [1.807, 2.05) is 74.1 Å². The fourth-order valence-electron chi connectivity index (χ4n) is 6.19. The van der Waals surface area contributed by atoms with Crippen LogP contribution in [0.15, 0.2) is 54.9 Å². The summed E-state index contributed by atoms with van der Waals surface area (Å²) < 4.78 is 7.76. The van der Waals surface area contributed by atoms with Crippen molar-refractivity contribution in [1.82, 2.24) is 24.8 Å². The highest BCUT2D eigenvalue weighted by Crippen LogP contribution is 2.33. The predicted octanol–water partition coefficient (Wildman–Crippen LogP) is 4.04. The maximum atomic E-state index is 13.4. The second kappa shape index (κ2) is 13.3. The second-order valence-electron chi connectivity index (χ2n) is 11.6. The van der Waals surface area contributed by atoms with Crippen LogP contribution < -0.4 is 25.6 Å². The Hall–Kier alpha value is -4.45. The van der Waals surface area contributed by atoms with Gasteiger partial charge in [-0.25, -0.2) is 4.98 Å². The molecule has 45 heavy (non-hydrogen) atoms. The minimum atomic E-state index is -0.473. The number of likely N-dealkylation sites (N-methyl/N-ethyl adjacent to an activating group) is 1. The van der Waals surface area contributed by atoms with Crippen molar-refractivity contribution in [1.29, 1.82) is 0 Å². The third kappa shape index (κ3) is 6.37. The number of nitrogens with zero attached hydrogens (tertiary/aromatic N) is 5. The molecule has 1 atom stereocenters. The highest BCUT2D eigenvalue weighted by Gasteiger charge is 2.25. The van der Waals surface area contributed by atoms with E-state index in [-0.39, 0.29) is 5.91 Å². The third-order valence-electron chi connectivity index (χ3n) is 8.77. The Bertz CT molecular complexity index is 1660. The van der Waals surface area contributed by atoms with Gasteiger partial charge in [0, 0.05) is 73.8 Å². The molecule has 1 saturated heterocycles. The zero-order valence-electron chi connectivity index (χ0n) is 26.4. The van der Waals surface area contributed by atoms with Gasteiger partial charge in [0.25, 0.3) is 5.91 Å². The number of ether oxygens (including phenoxy) is 1. The van der Waals surface area contributed by atoms with E-state index in [2.05, 4.69) is 36.8 Å². The molecule has 0 bridgehead atoms. The van der Waals surface area contributed by atoms with Crippen molar-refractivity contribution >= 4 is 28.9 Å². The molecule has 4 aromatic rings. The number of aromatic nitrogens is 3. The van der Waals surface area contributed by atoms with Crippen molar-refractivity contribution in [2.75, 3.05) is 61.9 Å². The Morgan fingerprint density at radius 3 is 2.58 bits per heavy atom. The average Bonchev–Trinajstić information content (AvgIpc) is 3.50. The summed E-state index contributed by atoms with van der Waals surface area (Å²) >= 11 is 0. The number of benzene rings is 2. The van der Waals surface area contributed by atoms with Crippen LogP contribution in [0, 0.1) is 13.8 Å². The topological polar surface area (TPSA) is 120 Å². The summed E-state index contributed by atoms with van der Waals surface area (Å²) in [5, 5.41) is 20.1. The van der Waals surface area contributed by atoms with Crippen LogP contribution in [0.2, 0.25) is 0 Å². The summed E-state index contributed by atoms with van der Waals surface area (Å²) in [4.78, 5) is 27.3. The molecule has 236 valence electrons. The molecule has 1 unspecified atom stereocenters. The van der Waals surface area contributed by atoms with Crippen molar-refractivity contribution in [2.45, 2.75) is 39.8 Å². The number of fused-ring (bicyclic) bond motifs is 3. The van der Waals surface area contributed by atoms with Crippen LogP contribution in [0.25, 0.3) is 5.82 Å². The monoisotopic (exact) mass is 610 g/mol. The molecule has 11 heteroatoms. The molecule has 4 heterocycles. The van der Waals surface area contributed by atoms with Crippen LogP contribution in [0.5, 0.6) is 5.75 Å². The molecule has 2 aromatic carbocycles. The SMILES string of the molecule is CCNCC(O)N1CCN(c2ccc(Nc3ncc4c(n3)-n3ccc(C(=O)Nc5c(C)cccc5C)c3CC4)c(OC)c2)CC1. The summed E-state index contributed by atoms with van der Waals surface area (Å²) in [6, 6.07) is 13.9. The molecule has 0 aliphatic carbocycles. The van der Waals surface area contributed by atoms with Crippen LogP contribution in [-0.2, 0) is 12.8 Å². The van der Waals surface area contributed by atoms with E-state index in [1.165, 1.54) is 0 Å². The number of carbonyl (C=O) groups excluding carboxylic acids is 1. The minimum Gasteiger partial charge on any atom is -0.494 e. The van der Waals surface area contributed by atoms with E-state index >= 15 is 0 Å². The number of nitrogens with one attached hydrogen (secondary N) is 3. The molecule has 0 spiro atoms. The molecule has 11 nitrogen and oxygen atoms in total. The molecule has 0 radical (unpaired) electrons. The molecule has 0 saturated carbocycles. The van der Waals surface area contributed by atoms with E-state index < -0.39 is 6.23 Å². The van der Waals surface area contributed by atoms with Gasteiger partial charge in [-0.3, -0.25) is 9.69 Å². The van der Waals surface area contributed by atoms with Crippen molar-refractivity contribution in [2.24, 2.45) is 0 Å². The first-order chi connectivity index (χ1) is 21.9. The number of methoxy groups -OCH3 is 1. The van der Waals surface area contributed by atoms with Gasteiger partial charge in [0.05, 0.1) is 18.4 Å². The Morgan fingerprint density at radius 2 is 1.84 bits per heavy atom. The lowest BCUT2D eigenvalue weighted by molar-refractivity contribution is 0.00188. The van der Waals surface area contributed by atoms with Crippen molar-refractivity contribution in [3.8, 4) is 11.6 Å². The van der Waals surface area contributed by atoms with Crippen LogP contribution in [0.4, 0.5) is 23.0 Å². The summed E-state index contributed by atoms with van der Waals surface area (Å²) in [5.41, 5.74) is 7.37. The van der Waals surface area contributed by atoms with Crippen molar-refractivity contribution in [3.63, 3.8) is 0 Å². The number of para-hydroxylation sites is 1. The number of hydrogen-bond acceptors (Lipinski definition) is 9. The number of aliphatic hydroxyl groups is 1. The normalized spacial score (nSPS) is 15.3. The van der Waals surface area contributed by atoms with E-state index in [0.29, 0.717) is 23.8 Å². The molecule has 2 aliphatic heterocycles. The first kappa shape index (κ1) is 30.6. The minimum absolute atomic E-state index is 0.118. The van der Waals surface area contributed by atoms with Crippen LogP contribution in [-0.4, -0.2) is 83.1 Å². The molecular weight excluding hydrogens is 568 g/mol. The van der Waals surface area contributed by atoms with Gasteiger partial charge in [0.1, 0.15) is 17.8 Å². The molecule has 2 aromatic heterocycles. The number of aryl methyl sites for hydroxylation is 3. The maximum Gasteiger partial charge on any atom is 0.257 e. The van der Waals surface area contributed by atoms with Gasteiger partial charge >= 0.3 is 0 Å². The quantitative estimate of drug-likeness (QED) is 0.211. The van der Waals surface area contributed by atoms with Gasteiger partial charge in [0.15, 0.2) is 0 Å². The average molecular weight is 611 g/mol. The first-order valence-corrected chi connectivity index (χ1v) is 15.6. The van der Waals surface area contributed by atoms with E-state index in [0.717, 1.165) is 90.8 Å². The summed E-state index contributed by atoms with van der Waals surface area (Å²) in [7, 11) is 1.66. The zero-order valence-corrected chi connectivity index (χ0v) is 26.4. The first-order valence-electron chi connectivity index (χ1n) is 15.6. The van der Waals surface area contributed by atoms with E-state index in [4.69, 9.17) is 9.72 Å². The maximum absolute atomic E-state index is 13.4. The Balaban J connectivity index is 1.17. The summed E-state index contributed by atoms with van der Waals surface area (Å²) in [6.45, 7) is 10.7. The van der Waals surface area contributed by atoms with Crippen LogP contribution in [0.1, 0.15) is 39.7 Å². The summed E-state index contributed by atoms with van der Waals surface area (Å²) in [5.74, 6) is 1.79. The van der Waals surface area contributed by atoms with E-state index in [9.17, 15) is 9.90 Å². The number of carbonyl (C=O) groups is 1. The Kier molecular flexibility index (Phi) is 9.02. The molecular formula is C34H42N8O3. The number of rotatable bonds is 10. The largest absolute Gasteiger partial charge is 0.494 e. The molecule has 1 fully saturated rings. The van der Waals surface area contributed by atoms with Gasteiger partial charge in [0.2, 0.25) is 5.95 Å². The van der Waals surface area contributed by atoms with Gasteiger partial charge in [-0.2, -0.15) is 4.98 Å². The van der Waals surface area contributed by atoms with Crippen molar-refractivity contribution < 1.29 is 14.6 Å². The van der Waals surface area contributed by atoms with Crippen molar-refractivity contribution in [3.05, 3.63) is 82.8 Å².